The number of rotatable bonds is 3. The minimum atomic E-state index is -0.386. The van der Waals surface area contributed by atoms with Crippen LogP contribution in [-0.2, 0) is 0 Å². The van der Waals surface area contributed by atoms with Crippen LogP contribution in [0.15, 0.2) is 53.1 Å². The van der Waals surface area contributed by atoms with Gasteiger partial charge in [0.25, 0.3) is 5.91 Å². The molecule has 2 heterocycles. The van der Waals surface area contributed by atoms with Crippen LogP contribution in [0.1, 0.15) is 16.2 Å². The van der Waals surface area contributed by atoms with Crippen LogP contribution < -0.4 is 11.1 Å². The van der Waals surface area contributed by atoms with Gasteiger partial charge in [0.15, 0.2) is 5.69 Å². The highest BCUT2D eigenvalue weighted by molar-refractivity contribution is 6.05. The first-order valence-electron chi connectivity index (χ1n) is 6.70. The number of oxazole rings is 1. The molecule has 22 heavy (non-hydrogen) atoms. The summed E-state index contributed by atoms with van der Waals surface area (Å²) in [5.41, 5.74) is 7.19. The topological polar surface area (TPSA) is 94.0 Å². The van der Waals surface area contributed by atoms with E-state index < -0.39 is 0 Å². The van der Waals surface area contributed by atoms with Gasteiger partial charge < -0.3 is 15.5 Å². The van der Waals surface area contributed by atoms with E-state index in [4.69, 9.17) is 10.2 Å². The van der Waals surface area contributed by atoms with Crippen LogP contribution in [0.25, 0.3) is 11.5 Å². The summed E-state index contributed by atoms with van der Waals surface area (Å²) >= 11 is 0. The Morgan fingerprint density at radius 3 is 2.68 bits per heavy atom. The van der Waals surface area contributed by atoms with Gasteiger partial charge in [-0.1, -0.05) is 18.2 Å². The summed E-state index contributed by atoms with van der Waals surface area (Å²) < 4.78 is 5.57. The number of nitrogens with zero attached hydrogens (tertiary/aromatic N) is 2. The Morgan fingerprint density at radius 2 is 1.95 bits per heavy atom. The zero-order valence-electron chi connectivity index (χ0n) is 11.9. The summed E-state index contributed by atoms with van der Waals surface area (Å²) in [5.74, 6) is 0.713. The molecule has 6 heteroatoms. The fraction of sp³-hybridized carbons (Fsp3) is 0.0625. The number of nitrogens with two attached hydrogens (primary N) is 1. The molecule has 0 fully saturated rings. The summed E-state index contributed by atoms with van der Waals surface area (Å²) in [4.78, 5) is 20.5. The van der Waals surface area contributed by atoms with E-state index >= 15 is 0 Å². The van der Waals surface area contributed by atoms with Crippen molar-refractivity contribution in [3.05, 3.63) is 60.1 Å². The second-order valence-electron chi connectivity index (χ2n) is 4.68. The molecule has 0 radical (unpaired) electrons. The molecule has 0 bridgehead atoms. The van der Waals surface area contributed by atoms with E-state index in [1.807, 2.05) is 30.3 Å². The molecular formula is C16H14N4O2. The number of amides is 1. The number of pyridine rings is 1. The van der Waals surface area contributed by atoms with Gasteiger partial charge >= 0.3 is 0 Å². The molecule has 3 rings (SSSR count). The molecule has 0 atom stereocenters. The van der Waals surface area contributed by atoms with E-state index in [-0.39, 0.29) is 17.4 Å². The molecule has 1 aromatic carbocycles. The molecule has 0 aliphatic heterocycles. The fourth-order valence-corrected chi connectivity index (χ4v) is 2.02. The van der Waals surface area contributed by atoms with Gasteiger partial charge in [-0.2, -0.15) is 0 Å². The normalized spacial score (nSPS) is 10.4. The summed E-state index contributed by atoms with van der Waals surface area (Å²) in [6.45, 7) is 1.70. The van der Waals surface area contributed by atoms with Gasteiger partial charge in [-0.15, -0.1) is 0 Å². The van der Waals surface area contributed by atoms with E-state index in [0.717, 1.165) is 5.56 Å². The van der Waals surface area contributed by atoms with Gasteiger partial charge in [-0.25, -0.2) is 9.97 Å². The average molecular weight is 294 g/mol. The molecule has 1 amide bonds. The molecular weight excluding hydrogens is 280 g/mol. The largest absolute Gasteiger partial charge is 0.441 e. The lowest BCUT2D eigenvalue weighted by Gasteiger charge is -2.05. The Hall–Kier alpha value is -3.15. The third-order valence-electron chi connectivity index (χ3n) is 3.12. The Balaban J connectivity index is 1.88. The number of aromatic nitrogens is 2. The number of carbonyl (C=O) groups is 1. The number of hydrogen-bond acceptors (Lipinski definition) is 5. The second kappa shape index (κ2) is 5.69. The van der Waals surface area contributed by atoms with Crippen molar-refractivity contribution in [3.8, 4) is 11.5 Å². The van der Waals surface area contributed by atoms with Crippen molar-refractivity contribution < 1.29 is 9.21 Å². The second-order valence-corrected chi connectivity index (χ2v) is 4.68. The molecule has 6 nitrogen and oxygen atoms in total. The van der Waals surface area contributed by atoms with E-state index in [9.17, 15) is 4.79 Å². The van der Waals surface area contributed by atoms with E-state index in [1.54, 1.807) is 25.3 Å². The first-order chi connectivity index (χ1) is 10.6. The number of nitrogen functional groups attached to an aromatic ring is 1. The SMILES string of the molecule is Cc1oc(-c2ccccc2)nc1C(=O)Nc1cccnc1N. The summed E-state index contributed by atoms with van der Waals surface area (Å²) in [5, 5.41) is 2.68. The van der Waals surface area contributed by atoms with Crippen LogP contribution in [0, 0.1) is 6.92 Å². The van der Waals surface area contributed by atoms with Crippen molar-refractivity contribution in [2.24, 2.45) is 0 Å². The molecule has 0 unspecified atom stereocenters. The van der Waals surface area contributed by atoms with Gasteiger partial charge in [0.05, 0.1) is 5.69 Å². The lowest BCUT2D eigenvalue weighted by Crippen LogP contribution is -2.15. The molecule has 2 aromatic heterocycles. The van der Waals surface area contributed by atoms with Gasteiger partial charge in [0.1, 0.15) is 11.6 Å². The van der Waals surface area contributed by atoms with E-state index in [0.29, 0.717) is 17.3 Å². The molecule has 0 aliphatic carbocycles. The maximum Gasteiger partial charge on any atom is 0.278 e. The van der Waals surface area contributed by atoms with Crippen LogP contribution >= 0.6 is 0 Å². The van der Waals surface area contributed by atoms with Crippen molar-refractivity contribution in [2.75, 3.05) is 11.1 Å². The van der Waals surface area contributed by atoms with Crippen LogP contribution in [0.5, 0.6) is 0 Å². The Kier molecular flexibility index (Phi) is 3.57. The number of carbonyl (C=O) groups excluding carboxylic acids is 1. The van der Waals surface area contributed by atoms with Crippen molar-refractivity contribution in [1.29, 1.82) is 0 Å². The average Bonchev–Trinajstić information content (AvgIpc) is 2.92. The minimum absolute atomic E-state index is 0.224. The maximum absolute atomic E-state index is 12.3. The number of benzene rings is 1. The minimum Gasteiger partial charge on any atom is -0.441 e. The number of aryl methyl sites for hydroxylation is 1. The molecule has 3 N–H and O–H groups in total. The van der Waals surface area contributed by atoms with Gasteiger partial charge in [-0.3, -0.25) is 4.79 Å². The van der Waals surface area contributed by atoms with E-state index in [2.05, 4.69) is 15.3 Å². The molecule has 0 saturated carbocycles. The Morgan fingerprint density at radius 1 is 1.18 bits per heavy atom. The number of hydrogen-bond donors (Lipinski definition) is 2. The standard InChI is InChI=1S/C16H14N4O2/c1-10-13(15(21)19-12-8-5-9-18-14(12)17)20-16(22-10)11-6-3-2-4-7-11/h2-9H,1H3,(H2,17,18)(H,19,21). The summed E-state index contributed by atoms with van der Waals surface area (Å²) in [6, 6.07) is 12.8. The smallest absolute Gasteiger partial charge is 0.278 e. The molecule has 110 valence electrons. The van der Waals surface area contributed by atoms with E-state index in [1.165, 1.54) is 0 Å². The first kappa shape index (κ1) is 13.8. The van der Waals surface area contributed by atoms with Crippen molar-refractivity contribution in [2.45, 2.75) is 6.92 Å². The number of anilines is 2. The number of nitrogens with one attached hydrogen (secondary N) is 1. The third kappa shape index (κ3) is 2.67. The first-order valence-corrected chi connectivity index (χ1v) is 6.70. The predicted molar refractivity (Wildman–Crippen MR) is 83.3 cm³/mol. The highest BCUT2D eigenvalue weighted by Gasteiger charge is 2.18. The van der Waals surface area contributed by atoms with Crippen molar-refractivity contribution in [3.63, 3.8) is 0 Å². The molecule has 3 aromatic rings. The molecule has 0 spiro atoms. The van der Waals surface area contributed by atoms with Crippen LogP contribution in [0.3, 0.4) is 0 Å². The van der Waals surface area contributed by atoms with Crippen LogP contribution in [0.4, 0.5) is 11.5 Å². The summed E-state index contributed by atoms with van der Waals surface area (Å²) in [7, 11) is 0. The maximum atomic E-state index is 12.3. The predicted octanol–water partition coefficient (Wildman–Crippen LogP) is 2.88. The highest BCUT2D eigenvalue weighted by atomic mass is 16.4. The van der Waals surface area contributed by atoms with Gasteiger partial charge in [0.2, 0.25) is 5.89 Å². The summed E-state index contributed by atoms with van der Waals surface area (Å²) in [6.07, 6.45) is 1.56. The highest BCUT2D eigenvalue weighted by Crippen LogP contribution is 2.22. The molecule has 0 saturated heterocycles. The Bertz CT molecular complexity index is 812. The fourth-order valence-electron chi connectivity index (χ4n) is 2.02. The lowest BCUT2D eigenvalue weighted by atomic mass is 10.2. The third-order valence-corrected chi connectivity index (χ3v) is 3.12. The van der Waals surface area contributed by atoms with Crippen LogP contribution in [-0.4, -0.2) is 15.9 Å². The van der Waals surface area contributed by atoms with Crippen molar-refractivity contribution in [1.82, 2.24) is 9.97 Å². The zero-order valence-corrected chi connectivity index (χ0v) is 11.9. The van der Waals surface area contributed by atoms with Crippen LogP contribution in [0.2, 0.25) is 0 Å². The van der Waals surface area contributed by atoms with Gasteiger partial charge in [0, 0.05) is 11.8 Å². The monoisotopic (exact) mass is 294 g/mol. The Labute approximate surface area is 127 Å². The zero-order chi connectivity index (χ0) is 15.5. The van der Waals surface area contributed by atoms with Gasteiger partial charge in [-0.05, 0) is 31.2 Å². The lowest BCUT2D eigenvalue weighted by molar-refractivity contribution is 0.102. The molecule has 0 aliphatic rings. The quantitative estimate of drug-likeness (QED) is 0.774. The van der Waals surface area contributed by atoms with Crippen molar-refractivity contribution >= 4 is 17.4 Å².